The van der Waals surface area contributed by atoms with E-state index in [0.29, 0.717) is 27.8 Å². The quantitative estimate of drug-likeness (QED) is 0.249. The van der Waals surface area contributed by atoms with Crippen molar-refractivity contribution in [2.24, 2.45) is 0 Å². The molecule has 1 unspecified atom stereocenters. The molecule has 0 saturated carbocycles. The number of nitriles is 1. The normalized spacial score (nSPS) is 16.8. The molecule has 1 aliphatic rings. The Labute approximate surface area is 223 Å². The molecule has 3 aromatic rings. The van der Waals surface area contributed by atoms with Crippen LogP contribution in [0.3, 0.4) is 0 Å². The van der Waals surface area contributed by atoms with Gasteiger partial charge in [-0.3, -0.25) is 14.5 Å². The summed E-state index contributed by atoms with van der Waals surface area (Å²) in [6.07, 6.45) is 0.463. The van der Waals surface area contributed by atoms with Crippen LogP contribution in [0.1, 0.15) is 5.56 Å². The van der Waals surface area contributed by atoms with Gasteiger partial charge in [0, 0.05) is 25.3 Å². The van der Waals surface area contributed by atoms with Crippen molar-refractivity contribution in [1.29, 1.82) is 5.26 Å². The van der Waals surface area contributed by atoms with Crippen molar-refractivity contribution in [2.45, 2.75) is 11.7 Å². The molecular weight excluding hydrogens is 602 g/mol. The van der Waals surface area contributed by atoms with Crippen LogP contribution in [0.4, 0.5) is 11.4 Å². The highest BCUT2D eigenvalue weighted by Crippen LogP contribution is 2.42. The van der Waals surface area contributed by atoms with E-state index < -0.39 is 11.2 Å². The average Bonchev–Trinajstić information content (AvgIpc) is 3.13. The van der Waals surface area contributed by atoms with Crippen molar-refractivity contribution >= 4 is 78.4 Å². The number of hydrogen-bond acceptors (Lipinski definition) is 4. The van der Waals surface area contributed by atoms with Crippen LogP contribution in [0.25, 0.3) is 0 Å². The van der Waals surface area contributed by atoms with E-state index in [1.165, 1.54) is 16.7 Å². The number of nitrogens with zero attached hydrogens (tertiary/aromatic N) is 2. The largest absolute Gasteiger partial charge is 0.321 e. The van der Waals surface area contributed by atoms with E-state index >= 15 is 0 Å². The molecule has 0 aromatic heterocycles. The Kier molecular flexibility index (Phi) is 7.79. The number of nitrogens with one attached hydrogen (secondary N) is 1. The third kappa shape index (κ3) is 5.56. The van der Waals surface area contributed by atoms with Gasteiger partial charge in [0.2, 0.25) is 5.91 Å². The standard InChI is InChI=1S/C25H16Br2ClN3O2S/c26-16-3-1-15(2-4-16)13-22-24(33)31(20-11-5-17(27)6-12-20)25(34-22)21(14-29)23(32)30-19-9-7-18(28)8-10-19/h1-12,22H,13H2,(H,30,32)/b25-21-. The molecule has 0 radical (unpaired) electrons. The lowest BCUT2D eigenvalue weighted by Crippen LogP contribution is -2.30. The maximum atomic E-state index is 13.5. The van der Waals surface area contributed by atoms with Gasteiger partial charge in [0.1, 0.15) is 16.7 Å². The minimum Gasteiger partial charge on any atom is -0.321 e. The Morgan fingerprint density at radius 3 is 2.18 bits per heavy atom. The number of carbonyl (C=O) groups excluding carboxylic acids is 2. The predicted octanol–water partition coefficient (Wildman–Crippen LogP) is 6.93. The average molecular weight is 618 g/mol. The third-order valence-electron chi connectivity index (χ3n) is 5.03. The van der Waals surface area contributed by atoms with Crippen molar-refractivity contribution in [3.8, 4) is 6.07 Å². The van der Waals surface area contributed by atoms with E-state index in [-0.39, 0.29) is 11.5 Å². The Morgan fingerprint density at radius 2 is 1.59 bits per heavy atom. The van der Waals surface area contributed by atoms with Gasteiger partial charge in [-0.2, -0.15) is 5.26 Å². The Morgan fingerprint density at radius 1 is 1.00 bits per heavy atom. The lowest BCUT2D eigenvalue weighted by Gasteiger charge is -2.19. The van der Waals surface area contributed by atoms with E-state index in [1.807, 2.05) is 42.5 Å². The molecule has 9 heteroatoms. The summed E-state index contributed by atoms with van der Waals surface area (Å²) in [6.45, 7) is 0. The van der Waals surface area contributed by atoms with Crippen LogP contribution in [0.5, 0.6) is 0 Å². The molecule has 1 saturated heterocycles. The van der Waals surface area contributed by atoms with E-state index in [4.69, 9.17) is 11.6 Å². The minimum absolute atomic E-state index is 0.130. The van der Waals surface area contributed by atoms with E-state index in [2.05, 4.69) is 37.2 Å². The molecule has 1 aliphatic heterocycles. The highest BCUT2D eigenvalue weighted by molar-refractivity contribution is 9.10. The number of carbonyl (C=O) groups is 2. The zero-order chi connectivity index (χ0) is 24.2. The Bertz CT molecular complexity index is 1300. The van der Waals surface area contributed by atoms with Gasteiger partial charge in [-0.15, -0.1) is 0 Å². The summed E-state index contributed by atoms with van der Waals surface area (Å²) in [6, 6.07) is 23.5. The summed E-state index contributed by atoms with van der Waals surface area (Å²) in [7, 11) is 0. The van der Waals surface area contributed by atoms with Crippen LogP contribution >= 0.6 is 55.2 Å². The van der Waals surface area contributed by atoms with Gasteiger partial charge in [-0.1, -0.05) is 67.4 Å². The van der Waals surface area contributed by atoms with Gasteiger partial charge in [0.05, 0.1) is 5.25 Å². The molecule has 3 aromatic carbocycles. The van der Waals surface area contributed by atoms with Crippen LogP contribution in [-0.4, -0.2) is 17.1 Å². The Hall–Kier alpha value is -2.57. The van der Waals surface area contributed by atoms with Crippen molar-refractivity contribution in [2.75, 3.05) is 10.2 Å². The fourth-order valence-corrected chi connectivity index (χ4v) is 5.34. The lowest BCUT2D eigenvalue weighted by atomic mass is 10.1. The zero-order valence-corrected chi connectivity index (χ0v) is 22.2. The summed E-state index contributed by atoms with van der Waals surface area (Å²) >= 11 is 14.0. The lowest BCUT2D eigenvalue weighted by molar-refractivity contribution is -0.117. The van der Waals surface area contributed by atoms with Crippen LogP contribution in [0.15, 0.2) is 92.3 Å². The smallest absolute Gasteiger partial charge is 0.269 e. The number of anilines is 2. The number of thioether (sulfide) groups is 1. The number of benzene rings is 3. The highest BCUT2D eigenvalue weighted by atomic mass is 79.9. The molecule has 1 atom stereocenters. The van der Waals surface area contributed by atoms with Gasteiger partial charge in [0.15, 0.2) is 0 Å². The molecule has 34 heavy (non-hydrogen) atoms. The summed E-state index contributed by atoms with van der Waals surface area (Å²) < 4.78 is 1.80. The molecule has 4 rings (SSSR count). The number of hydrogen-bond donors (Lipinski definition) is 1. The molecule has 170 valence electrons. The van der Waals surface area contributed by atoms with Gasteiger partial charge in [-0.05, 0) is 72.6 Å². The van der Waals surface area contributed by atoms with Crippen LogP contribution in [-0.2, 0) is 16.0 Å². The number of rotatable bonds is 5. The molecule has 1 N–H and O–H groups in total. The first kappa shape index (κ1) is 24.6. The maximum Gasteiger partial charge on any atom is 0.269 e. The summed E-state index contributed by atoms with van der Waals surface area (Å²) in [5.74, 6) is -0.774. The van der Waals surface area contributed by atoms with Crippen molar-refractivity contribution in [1.82, 2.24) is 0 Å². The SMILES string of the molecule is N#C/C(C(=O)Nc1ccc(Cl)cc1)=C1/SC(Cc2ccc(Br)cc2)C(=O)N1c1ccc(Br)cc1. The summed E-state index contributed by atoms with van der Waals surface area (Å²) in [4.78, 5) is 28.0. The fourth-order valence-electron chi connectivity index (χ4n) is 3.37. The van der Waals surface area contributed by atoms with Gasteiger partial charge < -0.3 is 5.32 Å². The van der Waals surface area contributed by atoms with Crippen molar-refractivity contribution in [3.05, 3.63) is 103 Å². The van der Waals surface area contributed by atoms with Crippen LogP contribution in [0, 0.1) is 11.3 Å². The first-order valence-corrected chi connectivity index (χ1v) is 12.9. The summed E-state index contributed by atoms with van der Waals surface area (Å²) in [5, 5.41) is 13.0. The second-order valence-electron chi connectivity index (χ2n) is 7.34. The summed E-state index contributed by atoms with van der Waals surface area (Å²) in [5.41, 5.74) is 1.93. The molecule has 2 amide bonds. The second-order valence-corrected chi connectivity index (χ2v) is 10.8. The molecule has 1 heterocycles. The third-order valence-corrected chi connectivity index (χ3v) is 7.60. The molecule has 5 nitrogen and oxygen atoms in total. The van der Waals surface area contributed by atoms with E-state index in [9.17, 15) is 14.9 Å². The molecular formula is C25H16Br2ClN3O2S. The topological polar surface area (TPSA) is 73.2 Å². The minimum atomic E-state index is -0.591. The Balaban J connectivity index is 1.71. The van der Waals surface area contributed by atoms with Gasteiger partial charge in [0.25, 0.3) is 5.91 Å². The zero-order valence-electron chi connectivity index (χ0n) is 17.5. The molecule has 0 aliphatic carbocycles. The molecule has 1 fully saturated rings. The first-order valence-electron chi connectivity index (χ1n) is 10.1. The van der Waals surface area contributed by atoms with Gasteiger partial charge >= 0.3 is 0 Å². The van der Waals surface area contributed by atoms with E-state index in [1.54, 1.807) is 36.4 Å². The maximum absolute atomic E-state index is 13.5. The second kappa shape index (κ2) is 10.8. The van der Waals surface area contributed by atoms with E-state index in [0.717, 1.165) is 14.5 Å². The highest BCUT2D eigenvalue weighted by Gasteiger charge is 2.40. The van der Waals surface area contributed by atoms with Crippen molar-refractivity contribution < 1.29 is 9.59 Å². The van der Waals surface area contributed by atoms with Crippen LogP contribution in [0.2, 0.25) is 5.02 Å². The monoisotopic (exact) mass is 615 g/mol. The predicted molar refractivity (Wildman–Crippen MR) is 144 cm³/mol. The fraction of sp³-hybridized carbons (Fsp3) is 0.0800. The number of amides is 2. The van der Waals surface area contributed by atoms with Crippen molar-refractivity contribution in [3.63, 3.8) is 0 Å². The molecule has 0 spiro atoms. The number of halogens is 3. The van der Waals surface area contributed by atoms with Gasteiger partial charge in [-0.25, -0.2) is 0 Å². The van der Waals surface area contributed by atoms with Crippen LogP contribution < -0.4 is 10.2 Å². The first-order chi connectivity index (χ1) is 16.4. The molecule has 0 bridgehead atoms.